The smallest absolute Gasteiger partial charge is 0.323 e. The lowest BCUT2D eigenvalue weighted by atomic mass is 9.81. The molecule has 2 amide bonds. The van der Waals surface area contributed by atoms with E-state index < -0.39 is 12.5 Å². The van der Waals surface area contributed by atoms with Gasteiger partial charge in [0.25, 0.3) is 0 Å². The van der Waals surface area contributed by atoms with Crippen molar-refractivity contribution in [2.24, 2.45) is 23.7 Å². The Morgan fingerprint density at radius 3 is 2.00 bits per heavy atom. The van der Waals surface area contributed by atoms with E-state index in [4.69, 9.17) is 5.11 Å². The molecule has 2 saturated carbocycles. The quantitative estimate of drug-likeness (QED) is 0.569. The molecule has 0 aromatic carbocycles. The summed E-state index contributed by atoms with van der Waals surface area (Å²) in [6.07, 6.45) is 0.861. The SMILES string of the molecule is O=C(O)CN1C(=O)[C@@H]2[C@@H]3C[C@@H]([C@@H](Br)[C@@H]3Br)[C@@H]2C1=O. The van der Waals surface area contributed by atoms with Crippen LogP contribution >= 0.6 is 31.9 Å². The van der Waals surface area contributed by atoms with E-state index in [1.54, 1.807) is 0 Å². The first kappa shape index (κ1) is 12.6. The van der Waals surface area contributed by atoms with Gasteiger partial charge >= 0.3 is 5.97 Å². The highest BCUT2D eigenvalue weighted by atomic mass is 79.9. The third-order valence-electron chi connectivity index (χ3n) is 4.37. The molecule has 1 aliphatic heterocycles. The zero-order valence-electron chi connectivity index (χ0n) is 9.25. The van der Waals surface area contributed by atoms with Crippen molar-refractivity contribution >= 4 is 49.6 Å². The van der Waals surface area contributed by atoms with Gasteiger partial charge in [0, 0.05) is 9.65 Å². The van der Waals surface area contributed by atoms with Gasteiger partial charge in [-0.15, -0.1) is 0 Å². The lowest BCUT2D eigenvalue weighted by molar-refractivity contribution is -0.149. The summed E-state index contributed by atoms with van der Waals surface area (Å²) in [6, 6.07) is 0. The maximum atomic E-state index is 12.2. The van der Waals surface area contributed by atoms with Crippen molar-refractivity contribution in [3.63, 3.8) is 0 Å². The molecule has 18 heavy (non-hydrogen) atoms. The summed E-state index contributed by atoms with van der Waals surface area (Å²) >= 11 is 7.14. The van der Waals surface area contributed by atoms with E-state index in [1.807, 2.05) is 0 Å². The van der Waals surface area contributed by atoms with Gasteiger partial charge < -0.3 is 5.11 Å². The number of rotatable bonds is 2. The fourth-order valence-electron chi connectivity index (χ4n) is 3.70. The fourth-order valence-corrected chi connectivity index (χ4v) is 5.58. The Labute approximate surface area is 120 Å². The number of fused-ring (bicyclic) bond motifs is 5. The molecule has 3 aliphatic rings. The predicted molar refractivity (Wildman–Crippen MR) is 68.4 cm³/mol. The molecule has 1 N–H and O–H groups in total. The summed E-state index contributed by atoms with van der Waals surface area (Å²) in [5.74, 6) is -2.11. The third-order valence-corrected chi connectivity index (χ3v) is 7.58. The van der Waals surface area contributed by atoms with Gasteiger partial charge in [-0.05, 0) is 18.3 Å². The molecule has 0 unspecified atom stereocenters. The van der Waals surface area contributed by atoms with Crippen LogP contribution in [0, 0.1) is 23.7 Å². The highest BCUT2D eigenvalue weighted by Crippen LogP contribution is 2.60. The molecule has 2 aliphatic carbocycles. The first-order chi connectivity index (χ1) is 8.43. The van der Waals surface area contributed by atoms with Crippen LogP contribution in [0.15, 0.2) is 0 Å². The van der Waals surface area contributed by atoms with E-state index in [-0.39, 0.29) is 45.1 Å². The van der Waals surface area contributed by atoms with Gasteiger partial charge in [0.05, 0.1) is 11.8 Å². The molecular formula is C11H11Br2NO4. The minimum atomic E-state index is -1.14. The molecule has 1 heterocycles. The Balaban J connectivity index is 1.92. The molecular weight excluding hydrogens is 370 g/mol. The standard InChI is InChI=1S/C11H11Br2NO4/c12-8-3-1-4(9(8)13)7-6(3)10(17)14(11(7)18)2-5(15)16/h3-4,6-9H,1-2H2,(H,15,16)/t3-,4+,6+,7-,8-,9-/m1/s1. The van der Waals surface area contributed by atoms with Gasteiger partial charge in [-0.1, -0.05) is 31.9 Å². The zero-order chi connectivity index (χ0) is 13.2. The third kappa shape index (κ3) is 1.46. The number of carboxylic acid groups (broad SMARTS) is 1. The average Bonchev–Trinajstić information content (AvgIpc) is 2.88. The maximum Gasteiger partial charge on any atom is 0.323 e. The second kappa shape index (κ2) is 4.03. The van der Waals surface area contributed by atoms with E-state index in [9.17, 15) is 14.4 Å². The molecule has 0 aromatic heterocycles. The second-order valence-corrected chi connectivity index (χ2v) is 7.27. The number of hydrogen-bond acceptors (Lipinski definition) is 3. The van der Waals surface area contributed by atoms with Crippen LogP contribution in [-0.4, -0.2) is 44.0 Å². The molecule has 0 spiro atoms. The van der Waals surface area contributed by atoms with Crippen molar-refractivity contribution in [1.82, 2.24) is 4.90 Å². The summed E-state index contributed by atoms with van der Waals surface area (Å²) in [4.78, 5) is 36.4. The minimum absolute atomic E-state index is 0.139. The largest absolute Gasteiger partial charge is 0.480 e. The second-order valence-electron chi connectivity index (χ2n) is 5.16. The van der Waals surface area contributed by atoms with Crippen LogP contribution in [0.1, 0.15) is 6.42 Å². The van der Waals surface area contributed by atoms with Crippen molar-refractivity contribution < 1.29 is 19.5 Å². The Morgan fingerprint density at radius 1 is 1.17 bits per heavy atom. The summed E-state index contributed by atoms with van der Waals surface area (Å²) in [7, 11) is 0. The maximum absolute atomic E-state index is 12.2. The Kier molecular flexibility index (Phi) is 2.82. The molecule has 3 fully saturated rings. The lowest BCUT2D eigenvalue weighted by Crippen LogP contribution is -2.37. The van der Waals surface area contributed by atoms with Gasteiger partial charge in [-0.2, -0.15) is 0 Å². The Morgan fingerprint density at radius 2 is 1.61 bits per heavy atom. The van der Waals surface area contributed by atoms with Crippen molar-refractivity contribution in [1.29, 1.82) is 0 Å². The number of nitrogens with zero attached hydrogens (tertiary/aromatic N) is 1. The summed E-state index contributed by atoms with van der Waals surface area (Å²) in [5.41, 5.74) is 0. The number of carboxylic acids is 1. The zero-order valence-corrected chi connectivity index (χ0v) is 12.4. The lowest BCUT2D eigenvalue weighted by Gasteiger charge is -2.28. The van der Waals surface area contributed by atoms with Crippen molar-refractivity contribution in [2.45, 2.75) is 16.1 Å². The Bertz CT molecular complexity index is 422. The number of alkyl halides is 2. The Hall–Kier alpha value is -0.430. The van der Waals surface area contributed by atoms with E-state index in [2.05, 4.69) is 31.9 Å². The molecule has 5 nitrogen and oxygen atoms in total. The van der Waals surface area contributed by atoms with Crippen LogP contribution in [0.4, 0.5) is 0 Å². The van der Waals surface area contributed by atoms with Gasteiger partial charge in [0.15, 0.2) is 0 Å². The van der Waals surface area contributed by atoms with Gasteiger partial charge in [-0.25, -0.2) is 0 Å². The fraction of sp³-hybridized carbons (Fsp3) is 0.727. The number of imide groups is 1. The number of carbonyl (C=O) groups excluding carboxylic acids is 2. The summed E-state index contributed by atoms with van der Waals surface area (Å²) in [5, 5.41) is 8.76. The van der Waals surface area contributed by atoms with Crippen LogP contribution in [0.2, 0.25) is 0 Å². The van der Waals surface area contributed by atoms with Gasteiger partial charge in [0.2, 0.25) is 11.8 Å². The first-order valence-electron chi connectivity index (χ1n) is 5.78. The van der Waals surface area contributed by atoms with Crippen molar-refractivity contribution in [3.05, 3.63) is 0 Å². The number of amides is 2. The number of carbonyl (C=O) groups is 3. The molecule has 98 valence electrons. The van der Waals surface area contributed by atoms with Crippen LogP contribution in [0.5, 0.6) is 0 Å². The van der Waals surface area contributed by atoms with E-state index in [0.717, 1.165) is 11.3 Å². The van der Waals surface area contributed by atoms with Gasteiger partial charge in [-0.3, -0.25) is 19.3 Å². The van der Waals surface area contributed by atoms with Crippen LogP contribution in [-0.2, 0) is 14.4 Å². The summed E-state index contributed by atoms with van der Waals surface area (Å²) in [6.45, 7) is -0.510. The highest BCUT2D eigenvalue weighted by Gasteiger charge is 2.66. The molecule has 6 atom stereocenters. The first-order valence-corrected chi connectivity index (χ1v) is 7.61. The molecule has 1 saturated heterocycles. The molecule has 7 heteroatoms. The van der Waals surface area contributed by atoms with Gasteiger partial charge in [0.1, 0.15) is 6.54 Å². The predicted octanol–water partition coefficient (Wildman–Crippen LogP) is 0.849. The monoisotopic (exact) mass is 379 g/mol. The van der Waals surface area contributed by atoms with Crippen LogP contribution in [0.3, 0.4) is 0 Å². The van der Waals surface area contributed by atoms with E-state index >= 15 is 0 Å². The highest BCUT2D eigenvalue weighted by molar-refractivity contribution is 9.12. The average molecular weight is 381 g/mol. The van der Waals surface area contributed by atoms with Crippen molar-refractivity contribution in [3.8, 4) is 0 Å². The topological polar surface area (TPSA) is 74.7 Å². The summed E-state index contributed by atoms with van der Waals surface area (Å²) < 4.78 is 0. The number of hydrogen-bond donors (Lipinski definition) is 1. The molecule has 3 rings (SSSR count). The van der Waals surface area contributed by atoms with E-state index in [1.165, 1.54) is 0 Å². The number of halogens is 2. The van der Waals surface area contributed by atoms with E-state index in [0.29, 0.717) is 0 Å². The molecule has 2 bridgehead atoms. The van der Waals surface area contributed by atoms with Crippen LogP contribution in [0.25, 0.3) is 0 Å². The van der Waals surface area contributed by atoms with Crippen LogP contribution < -0.4 is 0 Å². The normalized spacial score (nSPS) is 45.8. The number of aliphatic carboxylic acids is 1. The molecule has 0 radical (unpaired) electrons. The number of likely N-dealkylation sites (tertiary alicyclic amines) is 1. The molecule has 0 aromatic rings. The van der Waals surface area contributed by atoms with Crippen molar-refractivity contribution in [2.75, 3.05) is 6.54 Å². The minimum Gasteiger partial charge on any atom is -0.480 e.